The molecule has 1 aliphatic heterocycles. The number of pyridine rings is 1. The van der Waals surface area contributed by atoms with Gasteiger partial charge in [0, 0.05) is 40.5 Å². The molecule has 0 saturated heterocycles. The summed E-state index contributed by atoms with van der Waals surface area (Å²) in [7, 11) is 0. The van der Waals surface area contributed by atoms with Crippen LogP contribution < -0.4 is 10.9 Å². The van der Waals surface area contributed by atoms with Crippen LogP contribution in [0.5, 0.6) is 0 Å². The lowest BCUT2D eigenvalue weighted by Gasteiger charge is -2.15. The van der Waals surface area contributed by atoms with Crippen molar-refractivity contribution >= 4 is 34.4 Å². The van der Waals surface area contributed by atoms with Gasteiger partial charge in [0.2, 0.25) is 0 Å². The number of hydrogen-bond donors (Lipinski definition) is 1. The fourth-order valence-electron chi connectivity index (χ4n) is 3.09. The molecule has 27 heavy (non-hydrogen) atoms. The van der Waals surface area contributed by atoms with Crippen LogP contribution in [0.4, 0.5) is 0 Å². The summed E-state index contributed by atoms with van der Waals surface area (Å²) in [5.41, 5.74) is 5.30. The average Bonchev–Trinajstić information content (AvgIpc) is 2.69. The number of nitrogens with one attached hydrogen (secondary N) is 1. The van der Waals surface area contributed by atoms with E-state index in [0.29, 0.717) is 13.1 Å². The van der Waals surface area contributed by atoms with E-state index in [0.717, 1.165) is 22.4 Å². The Kier molecular flexibility index (Phi) is 5.20. The third kappa shape index (κ3) is 4.03. The number of para-hydroxylation sites is 1. The molecule has 0 aliphatic carbocycles. The molecule has 0 bridgehead atoms. The highest BCUT2D eigenvalue weighted by molar-refractivity contribution is 14.1. The van der Waals surface area contributed by atoms with Gasteiger partial charge in [0.25, 0.3) is 5.56 Å². The second-order valence-electron chi connectivity index (χ2n) is 6.33. The summed E-state index contributed by atoms with van der Waals surface area (Å²) >= 11 is 2.33. The second-order valence-corrected chi connectivity index (χ2v) is 7.58. The van der Waals surface area contributed by atoms with Crippen molar-refractivity contribution in [3.8, 4) is 5.69 Å². The highest BCUT2D eigenvalue weighted by Gasteiger charge is 2.11. The van der Waals surface area contributed by atoms with E-state index in [-0.39, 0.29) is 5.56 Å². The van der Waals surface area contributed by atoms with Crippen LogP contribution in [0.1, 0.15) is 16.7 Å². The number of aromatic nitrogens is 1. The predicted octanol–water partition coefficient (Wildman–Crippen LogP) is 4.01. The molecule has 3 aromatic rings. The van der Waals surface area contributed by atoms with Gasteiger partial charge < -0.3 is 5.32 Å². The number of halogens is 1. The predicted molar refractivity (Wildman–Crippen MR) is 118 cm³/mol. The van der Waals surface area contributed by atoms with Gasteiger partial charge in [0.15, 0.2) is 0 Å². The summed E-state index contributed by atoms with van der Waals surface area (Å²) < 4.78 is 2.85. The van der Waals surface area contributed by atoms with E-state index in [1.165, 1.54) is 9.13 Å². The van der Waals surface area contributed by atoms with E-state index in [9.17, 15) is 4.79 Å². The van der Waals surface area contributed by atoms with Crippen LogP contribution >= 0.6 is 22.6 Å². The first-order valence-electron chi connectivity index (χ1n) is 8.70. The first kappa shape index (κ1) is 17.7. The average molecular weight is 467 g/mol. The minimum atomic E-state index is -0.0321. The van der Waals surface area contributed by atoms with E-state index < -0.39 is 0 Å². The minimum Gasteiger partial charge on any atom is -0.387 e. The van der Waals surface area contributed by atoms with Crippen LogP contribution in [0.15, 0.2) is 82.8 Å². The van der Waals surface area contributed by atoms with Crippen LogP contribution in [-0.4, -0.2) is 17.3 Å². The Morgan fingerprint density at radius 2 is 1.96 bits per heavy atom. The molecule has 0 fully saturated rings. The first-order valence-corrected chi connectivity index (χ1v) is 9.78. The summed E-state index contributed by atoms with van der Waals surface area (Å²) in [4.78, 5) is 16.8. The van der Waals surface area contributed by atoms with Gasteiger partial charge in [-0.1, -0.05) is 24.3 Å². The number of fused-ring (bicyclic) bond motifs is 1. The molecule has 2 aromatic carbocycles. The van der Waals surface area contributed by atoms with Crippen LogP contribution in [0.2, 0.25) is 0 Å². The van der Waals surface area contributed by atoms with E-state index in [4.69, 9.17) is 0 Å². The number of hydrogen-bond acceptors (Lipinski definition) is 3. The Labute approximate surface area is 171 Å². The third-order valence-corrected chi connectivity index (χ3v) is 5.13. The number of aliphatic imine (C=N–C) groups is 1. The molecule has 0 spiro atoms. The quantitative estimate of drug-likeness (QED) is 0.590. The Morgan fingerprint density at radius 3 is 2.78 bits per heavy atom. The largest absolute Gasteiger partial charge is 0.387 e. The standard InChI is InChI=1S/C22H18IN3O/c23-19-7-6-17-13-25-15-18(21(17)11-19)14-24-12-16-8-9-26(22(27)10-16)20-4-2-1-3-5-20/h1-11,13-14,24H,12,15H2/b18-14+. The normalized spacial score (nSPS) is 14.2. The summed E-state index contributed by atoms with van der Waals surface area (Å²) in [6, 6.07) is 19.6. The molecule has 0 amide bonds. The van der Waals surface area contributed by atoms with Crippen molar-refractivity contribution in [2.75, 3.05) is 6.54 Å². The molecule has 0 unspecified atom stereocenters. The molecule has 1 aromatic heterocycles. The van der Waals surface area contributed by atoms with Crippen molar-refractivity contribution in [1.82, 2.24) is 9.88 Å². The monoisotopic (exact) mass is 467 g/mol. The third-order valence-electron chi connectivity index (χ3n) is 4.45. The van der Waals surface area contributed by atoms with Gasteiger partial charge in [-0.25, -0.2) is 0 Å². The molecular weight excluding hydrogens is 449 g/mol. The molecule has 1 N–H and O–H groups in total. The Balaban J connectivity index is 1.50. The molecule has 0 atom stereocenters. The molecule has 4 nitrogen and oxygen atoms in total. The first-order chi connectivity index (χ1) is 13.2. The van der Waals surface area contributed by atoms with Gasteiger partial charge >= 0.3 is 0 Å². The number of benzene rings is 2. The SMILES string of the molecule is O=c1cc(CN/C=C2\CN=Cc3ccc(I)cc32)ccn1-c1ccccc1. The molecule has 2 heterocycles. The van der Waals surface area contributed by atoms with E-state index >= 15 is 0 Å². The number of nitrogens with zero attached hydrogens (tertiary/aromatic N) is 2. The molecular formula is C22H18IN3O. The van der Waals surface area contributed by atoms with Crippen LogP contribution in [-0.2, 0) is 6.54 Å². The van der Waals surface area contributed by atoms with Gasteiger partial charge in [-0.05, 0) is 75.2 Å². The Bertz CT molecular complexity index is 1080. The van der Waals surface area contributed by atoms with Crippen molar-refractivity contribution in [2.45, 2.75) is 6.54 Å². The molecule has 0 saturated carbocycles. The lowest BCUT2D eigenvalue weighted by Crippen LogP contribution is -2.18. The summed E-state index contributed by atoms with van der Waals surface area (Å²) in [6.45, 7) is 1.26. The van der Waals surface area contributed by atoms with E-state index in [1.807, 2.05) is 55.0 Å². The zero-order valence-corrected chi connectivity index (χ0v) is 16.8. The number of rotatable bonds is 4. The highest BCUT2D eigenvalue weighted by atomic mass is 127. The van der Waals surface area contributed by atoms with Gasteiger partial charge in [-0.2, -0.15) is 0 Å². The molecule has 0 radical (unpaired) electrons. The zero-order chi connectivity index (χ0) is 18.6. The van der Waals surface area contributed by atoms with Gasteiger partial charge in [0.1, 0.15) is 0 Å². The maximum absolute atomic E-state index is 12.4. The van der Waals surface area contributed by atoms with Crippen molar-refractivity contribution in [3.05, 3.63) is 104 Å². The summed E-state index contributed by atoms with van der Waals surface area (Å²) in [5.74, 6) is 0. The van der Waals surface area contributed by atoms with Gasteiger partial charge in [0.05, 0.1) is 6.54 Å². The second kappa shape index (κ2) is 7.92. The summed E-state index contributed by atoms with van der Waals surface area (Å²) in [5, 5.41) is 3.33. The lowest BCUT2D eigenvalue weighted by molar-refractivity contribution is 0.853. The van der Waals surface area contributed by atoms with Gasteiger partial charge in [-0.15, -0.1) is 0 Å². The summed E-state index contributed by atoms with van der Waals surface area (Å²) in [6.07, 6.45) is 5.75. The Morgan fingerprint density at radius 1 is 1.11 bits per heavy atom. The van der Waals surface area contributed by atoms with Crippen molar-refractivity contribution in [3.63, 3.8) is 0 Å². The topological polar surface area (TPSA) is 46.4 Å². The molecule has 134 valence electrons. The minimum absolute atomic E-state index is 0.0321. The van der Waals surface area contributed by atoms with Crippen LogP contribution in [0, 0.1) is 3.57 Å². The smallest absolute Gasteiger partial charge is 0.255 e. The lowest BCUT2D eigenvalue weighted by atomic mass is 9.99. The van der Waals surface area contributed by atoms with Gasteiger partial charge in [-0.3, -0.25) is 14.4 Å². The van der Waals surface area contributed by atoms with E-state index in [1.54, 1.807) is 10.6 Å². The maximum atomic E-state index is 12.4. The van der Waals surface area contributed by atoms with E-state index in [2.05, 4.69) is 51.1 Å². The Hall–Kier alpha value is -2.67. The molecule has 1 aliphatic rings. The van der Waals surface area contributed by atoms with Crippen molar-refractivity contribution < 1.29 is 0 Å². The van der Waals surface area contributed by atoms with Crippen LogP contribution in [0.3, 0.4) is 0 Å². The van der Waals surface area contributed by atoms with Crippen LogP contribution in [0.25, 0.3) is 11.3 Å². The maximum Gasteiger partial charge on any atom is 0.255 e. The highest BCUT2D eigenvalue weighted by Crippen LogP contribution is 2.24. The zero-order valence-electron chi connectivity index (χ0n) is 14.6. The molecule has 4 rings (SSSR count). The molecule has 5 heteroatoms. The van der Waals surface area contributed by atoms with Crippen molar-refractivity contribution in [1.29, 1.82) is 0 Å². The fraction of sp³-hybridized carbons (Fsp3) is 0.0909. The van der Waals surface area contributed by atoms with Crippen molar-refractivity contribution in [2.24, 2.45) is 4.99 Å². The fourth-order valence-corrected chi connectivity index (χ4v) is 3.59.